The van der Waals surface area contributed by atoms with Crippen LogP contribution >= 0.6 is 0 Å². The highest BCUT2D eigenvalue weighted by atomic mass is 19.1. The molecule has 1 fully saturated rings. The molecule has 4 rings (SSSR count). The minimum atomic E-state index is -0.386. The van der Waals surface area contributed by atoms with Gasteiger partial charge in [-0.1, -0.05) is 5.57 Å². The molecule has 0 unspecified atom stereocenters. The summed E-state index contributed by atoms with van der Waals surface area (Å²) >= 11 is 0. The summed E-state index contributed by atoms with van der Waals surface area (Å²) in [4.78, 5) is 27.5. The van der Waals surface area contributed by atoms with E-state index in [0.717, 1.165) is 49.6 Å². The van der Waals surface area contributed by atoms with E-state index in [4.69, 9.17) is 4.74 Å². The number of ether oxygens (including phenoxy) is 1. The van der Waals surface area contributed by atoms with Gasteiger partial charge in [-0.15, -0.1) is 0 Å². The van der Waals surface area contributed by atoms with Crippen LogP contribution in [-0.4, -0.2) is 56.1 Å². The van der Waals surface area contributed by atoms with E-state index in [2.05, 4.69) is 15.5 Å². The molecule has 0 saturated carbocycles. The Morgan fingerprint density at radius 2 is 2.07 bits per heavy atom. The quantitative estimate of drug-likeness (QED) is 0.731. The van der Waals surface area contributed by atoms with Crippen LogP contribution in [0, 0.1) is 5.82 Å². The third-order valence-corrected chi connectivity index (χ3v) is 5.87. The Morgan fingerprint density at radius 1 is 1.30 bits per heavy atom. The van der Waals surface area contributed by atoms with Crippen LogP contribution in [0.5, 0.6) is 0 Å². The van der Waals surface area contributed by atoms with E-state index < -0.39 is 0 Å². The first-order valence-electron chi connectivity index (χ1n) is 10.2. The second-order valence-corrected chi connectivity index (χ2v) is 7.89. The SMILES string of the molecule is CC1=C(C(=O)NCCN2CCOCC2)C(C)=C(/C=C2\C(=O)Nc3ccc(F)cc32)C1. The van der Waals surface area contributed by atoms with E-state index in [1.807, 2.05) is 13.8 Å². The van der Waals surface area contributed by atoms with E-state index in [0.29, 0.717) is 35.4 Å². The summed E-state index contributed by atoms with van der Waals surface area (Å²) < 4.78 is 19.0. The number of allylic oxidation sites excluding steroid dienone is 3. The lowest BCUT2D eigenvalue weighted by Gasteiger charge is -2.26. The number of carbonyl (C=O) groups excluding carboxylic acids is 2. The molecule has 2 heterocycles. The number of carbonyl (C=O) groups is 2. The Morgan fingerprint density at radius 3 is 2.83 bits per heavy atom. The first-order chi connectivity index (χ1) is 14.4. The van der Waals surface area contributed by atoms with E-state index in [-0.39, 0.29) is 17.6 Å². The number of rotatable bonds is 5. The third-order valence-electron chi connectivity index (χ3n) is 5.87. The summed E-state index contributed by atoms with van der Waals surface area (Å²) in [6.45, 7) is 8.46. The van der Waals surface area contributed by atoms with Crippen LogP contribution in [0.25, 0.3) is 5.57 Å². The Balaban J connectivity index is 1.47. The number of morpholine rings is 1. The number of nitrogens with zero attached hydrogens (tertiary/aromatic N) is 1. The van der Waals surface area contributed by atoms with Gasteiger partial charge in [-0.25, -0.2) is 4.39 Å². The standard InChI is InChI=1S/C23H26FN3O3/c1-14-11-16(12-19-18-13-17(24)3-4-20(18)26-22(19)28)15(2)21(14)23(29)25-5-6-27-7-9-30-10-8-27/h3-4,12-13H,5-11H2,1-2H3,(H,25,29)(H,26,28)/b19-12-. The van der Waals surface area contributed by atoms with E-state index in [1.165, 1.54) is 12.1 Å². The maximum atomic E-state index is 13.7. The number of amides is 2. The van der Waals surface area contributed by atoms with Gasteiger partial charge in [0.2, 0.25) is 0 Å². The molecule has 1 aromatic rings. The van der Waals surface area contributed by atoms with Gasteiger partial charge in [0.1, 0.15) is 5.82 Å². The molecule has 7 heteroatoms. The predicted octanol–water partition coefficient (Wildman–Crippen LogP) is 2.65. The number of hydrogen-bond donors (Lipinski definition) is 2. The van der Waals surface area contributed by atoms with Crippen LogP contribution < -0.4 is 10.6 Å². The number of anilines is 1. The summed E-state index contributed by atoms with van der Waals surface area (Å²) in [6.07, 6.45) is 2.38. The number of fused-ring (bicyclic) bond motifs is 1. The van der Waals surface area contributed by atoms with Gasteiger partial charge in [0.15, 0.2) is 0 Å². The first-order valence-corrected chi connectivity index (χ1v) is 10.2. The van der Waals surface area contributed by atoms with Gasteiger partial charge in [-0.2, -0.15) is 0 Å². The molecule has 2 aliphatic heterocycles. The second-order valence-electron chi connectivity index (χ2n) is 7.89. The van der Waals surface area contributed by atoms with Crippen molar-refractivity contribution in [2.45, 2.75) is 20.3 Å². The molecule has 0 radical (unpaired) electrons. The van der Waals surface area contributed by atoms with Gasteiger partial charge in [0.25, 0.3) is 11.8 Å². The van der Waals surface area contributed by atoms with Crippen molar-refractivity contribution in [3.8, 4) is 0 Å². The van der Waals surface area contributed by atoms with Crippen LogP contribution in [0.15, 0.2) is 46.6 Å². The molecule has 6 nitrogen and oxygen atoms in total. The first kappa shape index (κ1) is 20.5. The summed E-state index contributed by atoms with van der Waals surface area (Å²) in [5.74, 6) is -0.728. The summed E-state index contributed by atoms with van der Waals surface area (Å²) in [7, 11) is 0. The Hall–Kier alpha value is -2.77. The van der Waals surface area contributed by atoms with Crippen LogP contribution in [-0.2, 0) is 14.3 Å². The monoisotopic (exact) mass is 411 g/mol. The van der Waals surface area contributed by atoms with Gasteiger partial charge in [0, 0.05) is 48.6 Å². The normalized spacial score (nSPS) is 20.8. The van der Waals surface area contributed by atoms with E-state index in [9.17, 15) is 14.0 Å². The molecule has 1 aromatic carbocycles. The Labute approximate surface area is 175 Å². The molecule has 0 aromatic heterocycles. The Bertz CT molecular complexity index is 987. The lowest BCUT2D eigenvalue weighted by atomic mass is 10.0. The van der Waals surface area contributed by atoms with Crippen LogP contribution in [0.1, 0.15) is 25.8 Å². The highest BCUT2D eigenvalue weighted by Crippen LogP contribution is 2.38. The van der Waals surface area contributed by atoms with Crippen molar-refractivity contribution in [2.24, 2.45) is 0 Å². The molecule has 30 heavy (non-hydrogen) atoms. The van der Waals surface area contributed by atoms with Gasteiger partial charge in [-0.3, -0.25) is 14.5 Å². The van der Waals surface area contributed by atoms with Crippen molar-refractivity contribution in [1.29, 1.82) is 0 Å². The number of nitrogens with one attached hydrogen (secondary N) is 2. The molecular weight excluding hydrogens is 385 g/mol. The highest BCUT2D eigenvalue weighted by molar-refractivity contribution is 6.32. The fourth-order valence-electron chi connectivity index (χ4n) is 4.23. The van der Waals surface area contributed by atoms with Crippen molar-refractivity contribution in [2.75, 3.05) is 44.7 Å². The average molecular weight is 411 g/mol. The molecule has 3 aliphatic rings. The van der Waals surface area contributed by atoms with Crippen molar-refractivity contribution in [1.82, 2.24) is 10.2 Å². The fraction of sp³-hybridized carbons (Fsp3) is 0.391. The zero-order chi connectivity index (χ0) is 21.3. The summed E-state index contributed by atoms with van der Waals surface area (Å²) in [5.41, 5.74) is 5.02. The summed E-state index contributed by atoms with van der Waals surface area (Å²) in [5, 5.41) is 5.78. The smallest absolute Gasteiger partial charge is 0.256 e. The molecule has 0 spiro atoms. The molecule has 1 saturated heterocycles. The minimum Gasteiger partial charge on any atom is -0.379 e. The second kappa shape index (κ2) is 8.53. The van der Waals surface area contributed by atoms with Crippen LogP contribution in [0.4, 0.5) is 10.1 Å². The number of hydrogen-bond acceptors (Lipinski definition) is 4. The fourth-order valence-corrected chi connectivity index (χ4v) is 4.23. The zero-order valence-corrected chi connectivity index (χ0v) is 17.3. The van der Waals surface area contributed by atoms with Crippen LogP contribution in [0.2, 0.25) is 0 Å². The molecular formula is C23H26FN3O3. The molecule has 0 bridgehead atoms. The lowest BCUT2D eigenvalue weighted by molar-refractivity contribution is -0.117. The maximum absolute atomic E-state index is 13.7. The third kappa shape index (κ3) is 4.08. The van der Waals surface area contributed by atoms with Gasteiger partial charge in [-0.05, 0) is 55.7 Å². The van der Waals surface area contributed by atoms with Gasteiger partial charge < -0.3 is 15.4 Å². The van der Waals surface area contributed by atoms with E-state index >= 15 is 0 Å². The zero-order valence-electron chi connectivity index (χ0n) is 17.3. The molecule has 1 aliphatic carbocycles. The lowest BCUT2D eigenvalue weighted by Crippen LogP contribution is -2.41. The van der Waals surface area contributed by atoms with E-state index in [1.54, 1.807) is 12.1 Å². The molecule has 158 valence electrons. The van der Waals surface area contributed by atoms with Crippen molar-refractivity contribution >= 4 is 23.1 Å². The molecule has 2 amide bonds. The van der Waals surface area contributed by atoms with Crippen molar-refractivity contribution in [3.63, 3.8) is 0 Å². The maximum Gasteiger partial charge on any atom is 0.256 e. The molecule has 0 atom stereocenters. The largest absolute Gasteiger partial charge is 0.379 e. The topological polar surface area (TPSA) is 70.7 Å². The summed E-state index contributed by atoms with van der Waals surface area (Å²) in [6, 6.07) is 4.26. The van der Waals surface area contributed by atoms with Gasteiger partial charge in [0.05, 0.1) is 13.2 Å². The highest BCUT2D eigenvalue weighted by Gasteiger charge is 2.28. The number of halogens is 1. The van der Waals surface area contributed by atoms with Crippen molar-refractivity contribution in [3.05, 3.63) is 57.9 Å². The number of benzene rings is 1. The van der Waals surface area contributed by atoms with Gasteiger partial charge >= 0.3 is 0 Å². The molecule has 2 N–H and O–H groups in total. The minimum absolute atomic E-state index is 0.0889. The predicted molar refractivity (Wildman–Crippen MR) is 113 cm³/mol. The average Bonchev–Trinajstić information content (AvgIpc) is 3.18. The van der Waals surface area contributed by atoms with Crippen molar-refractivity contribution < 1.29 is 18.7 Å². The Kier molecular flexibility index (Phi) is 5.83. The van der Waals surface area contributed by atoms with Crippen LogP contribution in [0.3, 0.4) is 0 Å².